The standard InChI is InChI=1S/C23H20N4O2S3/c28-19(26-24-13-16-9-6-12-30-16)14-31-23-25-21-20(17-10-4-5-11-18(17)32-21)22(29)27(23)15-7-2-1-3-8-15/h1-3,6-9,12-13H,4-5,10-11,14H2,(H,26,28)/b24-13-. The molecule has 0 bridgehead atoms. The van der Waals surface area contributed by atoms with E-state index in [1.165, 1.54) is 16.6 Å². The summed E-state index contributed by atoms with van der Waals surface area (Å²) in [4.78, 5) is 33.8. The molecule has 0 aliphatic heterocycles. The van der Waals surface area contributed by atoms with Crippen LogP contribution in [0.4, 0.5) is 0 Å². The Hall–Kier alpha value is -2.75. The first-order chi connectivity index (χ1) is 15.7. The Labute approximate surface area is 197 Å². The van der Waals surface area contributed by atoms with E-state index < -0.39 is 0 Å². The summed E-state index contributed by atoms with van der Waals surface area (Å²) in [5.74, 6) is -0.139. The maximum absolute atomic E-state index is 13.6. The van der Waals surface area contributed by atoms with Gasteiger partial charge in [-0.25, -0.2) is 10.4 Å². The van der Waals surface area contributed by atoms with E-state index in [0.717, 1.165) is 52.0 Å². The second-order valence-corrected chi connectivity index (χ2v) is 10.4. The molecule has 5 rings (SSSR count). The van der Waals surface area contributed by atoms with Crippen molar-refractivity contribution in [2.75, 3.05) is 5.75 Å². The van der Waals surface area contributed by atoms with Crippen LogP contribution in [0, 0.1) is 0 Å². The van der Waals surface area contributed by atoms with Gasteiger partial charge in [-0.05, 0) is 54.8 Å². The maximum Gasteiger partial charge on any atom is 0.267 e. The van der Waals surface area contributed by atoms with E-state index in [2.05, 4.69) is 10.5 Å². The number of para-hydroxylation sites is 1. The second-order valence-electron chi connectivity index (χ2n) is 7.36. The molecular weight excluding hydrogens is 460 g/mol. The molecule has 0 radical (unpaired) electrons. The Kier molecular flexibility index (Phi) is 6.20. The average molecular weight is 481 g/mol. The van der Waals surface area contributed by atoms with E-state index in [4.69, 9.17) is 4.98 Å². The van der Waals surface area contributed by atoms with Gasteiger partial charge >= 0.3 is 0 Å². The molecule has 9 heteroatoms. The van der Waals surface area contributed by atoms with Gasteiger partial charge in [0.2, 0.25) is 0 Å². The topological polar surface area (TPSA) is 76.3 Å². The van der Waals surface area contributed by atoms with Crippen LogP contribution in [-0.4, -0.2) is 27.4 Å². The molecule has 1 aromatic carbocycles. The Morgan fingerprint density at radius 3 is 2.84 bits per heavy atom. The van der Waals surface area contributed by atoms with E-state index in [1.807, 2.05) is 47.8 Å². The van der Waals surface area contributed by atoms with Gasteiger partial charge in [-0.1, -0.05) is 36.0 Å². The number of hydrogen-bond donors (Lipinski definition) is 1. The summed E-state index contributed by atoms with van der Waals surface area (Å²) in [6, 6.07) is 13.3. The minimum absolute atomic E-state index is 0.0563. The molecule has 4 aromatic rings. The van der Waals surface area contributed by atoms with Gasteiger partial charge in [0.1, 0.15) is 4.83 Å². The smallest absolute Gasteiger partial charge is 0.267 e. The Balaban J connectivity index is 1.46. The monoisotopic (exact) mass is 480 g/mol. The summed E-state index contributed by atoms with van der Waals surface area (Å²) >= 11 is 4.41. The number of aromatic nitrogens is 2. The Morgan fingerprint density at radius 2 is 2.03 bits per heavy atom. The largest absolute Gasteiger partial charge is 0.272 e. The number of aryl methyl sites for hydroxylation is 2. The van der Waals surface area contributed by atoms with Gasteiger partial charge in [0.25, 0.3) is 11.5 Å². The summed E-state index contributed by atoms with van der Waals surface area (Å²) < 4.78 is 1.64. The van der Waals surface area contributed by atoms with E-state index in [-0.39, 0.29) is 17.2 Å². The van der Waals surface area contributed by atoms with Gasteiger partial charge < -0.3 is 0 Å². The molecule has 3 heterocycles. The molecule has 1 amide bonds. The number of rotatable bonds is 6. The van der Waals surface area contributed by atoms with Crippen molar-refractivity contribution < 1.29 is 4.79 Å². The minimum Gasteiger partial charge on any atom is -0.272 e. The first-order valence-corrected chi connectivity index (χ1v) is 13.0. The Morgan fingerprint density at radius 1 is 1.19 bits per heavy atom. The number of fused-ring (bicyclic) bond motifs is 3. The van der Waals surface area contributed by atoms with Crippen molar-refractivity contribution in [1.82, 2.24) is 15.0 Å². The number of carbonyl (C=O) groups excluding carboxylic acids is 1. The van der Waals surface area contributed by atoms with Crippen LogP contribution in [0.3, 0.4) is 0 Å². The van der Waals surface area contributed by atoms with Crippen molar-refractivity contribution in [3.63, 3.8) is 0 Å². The summed E-state index contributed by atoms with van der Waals surface area (Å²) in [6.45, 7) is 0. The lowest BCUT2D eigenvalue weighted by Gasteiger charge is -2.13. The number of thioether (sulfide) groups is 1. The number of amides is 1. The highest BCUT2D eigenvalue weighted by Gasteiger charge is 2.23. The summed E-state index contributed by atoms with van der Waals surface area (Å²) in [6.07, 6.45) is 5.81. The fraction of sp³-hybridized carbons (Fsp3) is 0.217. The molecular formula is C23H20N4O2S3. The zero-order valence-electron chi connectivity index (χ0n) is 17.1. The minimum atomic E-state index is -0.248. The molecule has 3 aromatic heterocycles. The van der Waals surface area contributed by atoms with Crippen molar-refractivity contribution >= 4 is 56.8 Å². The maximum atomic E-state index is 13.6. The molecule has 0 spiro atoms. The second kappa shape index (κ2) is 9.40. The quantitative estimate of drug-likeness (QED) is 0.189. The lowest BCUT2D eigenvalue weighted by atomic mass is 9.97. The van der Waals surface area contributed by atoms with Crippen LogP contribution >= 0.6 is 34.4 Å². The molecule has 32 heavy (non-hydrogen) atoms. The molecule has 0 atom stereocenters. The van der Waals surface area contributed by atoms with E-state index >= 15 is 0 Å². The van der Waals surface area contributed by atoms with Gasteiger partial charge in [0, 0.05) is 9.75 Å². The number of benzene rings is 1. The predicted octanol–water partition coefficient (Wildman–Crippen LogP) is 4.63. The van der Waals surface area contributed by atoms with Crippen LogP contribution in [0.25, 0.3) is 15.9 Å². The third kappa shape index (κ3) is 4.28. The highest BCUT2D eigenvalue weighted by molar-refractivity contribution is 7.99. The zero-order chi connectivity index (χ0) is 21.9. The first-order valence-electron chi connectivity index (χ1n) is 10.3. The van der Waals surface area contributed by atoms with Crippen LogP contribution in [0.15, 0.2) is 62.9 Å². The molecule has 0 saturated carbocycles. The molecule has 1 N–H and O–H groups in total. The van der Waals surface area contributed by atoms with Crippen LogP contribution in [0.2, 0.25) is 0 Å². The van der Waals surface area contributed by atoms with Crippen LogP contribution < -0.4 is 11.0 Å². The van der Waals surface area contributed by atoms with E-state index in [0.29, 0.717) is 5.16 Å². The van der Waals surface area contributed by atoms with Crippen LogP contribution in [0.5, 0.6) is 0 Å². The summed E-state index contributed by atoms with van der Waals surface area (Å²) in [7, 11) is 0. The summed E-state index contributed by atoms with van der Waals surface area (Å²) in [5, 5.41) is 7.21. The van der Waals surface area contributed by atoms with Crippen molar-refractivity contribution in [3.05, 3.63) is 73.5 Å². The molecule has 6 nitrogen and oxygen atoms in total. The highest BCUT2D eigenvalue weighted by atomic mass is 32.2. The molecule has 0 saturated heterocycles. The molecule has 1 aliphatic carbocycles. The molecule has 162 valence electrons. The normalized spacial score (nSPS) is 13.5. The van der Waals surface area contributed by atoms with Crippen molar-refractivity contribution in [1.29, 1.82) is 0 Å². The lowest BCUT2D eigenvalue weighted by Crippen LogP contribution is -2.24. The fourth-order valence-electron chi connectivity index (χ4n) is 3.78. The van der Waals surface area contributed by atoms with Crippen molar-refractivity contribution in [3.8, 4) is 5.69 Å². The van der Waals surface area contributed by atoms with Gasteiger partial charge in [-0.2, -0.15) is 5.10 Å². The first kappa shape index (κ1) is 21.1. The van der Waals surface area contributed by atoms with Gasteiger partial charge in [-0.3, -0.25) is 14.2 Å². The van der Waals surface area contributed by atoms with Crippen molar-refractivity contribution in [2.24, 2.45) is 5.10 Å². The fourth-order valence-corrected chi connectivity index (χ4v) is 6.48. The predicted molar refractivity (Wildman–Crippen MR) is 133 cm³/mol. The van der Waals surface area contributed by atoms with Crippen LogP contribution in [-0.2, 0) is 17.6 Å². The number of hydrazone groups is 1. The highest BCUT2D eigenvalue weighted by Crippen LogP contribution is 2.35. The van der Waals surface area contributed by atoms with Crippen LogP contribution in [0.1, 0.15) is 28.2 Å². The number of thiophene rings is 2. The average Bonchev–Trinajstić information content (AvgIpc) is 3.46. The third-order valence-corrected chi connectivity index (χ3v) is 8.16. The number of nitrogens with one attached hydrogen (secondary N) is 1. The number of nitrogens with zero attached hydrogens (tertiary/aromatic N) is 3. The van der Waals surface area contributed by atoms with Gasteiger partial charge in [0.15, 0.2) is 5.16 Å². The zero-order valence-corrected chi connectivity index (χ0v) is 19.6. The summed E-state index contributed by atoms with van der Waals surface area (Å²) in [5.41, 5.74) is 4.40. The van der Waals surface area contributed by atoms with E-state index in [9.17, 15) is 9.59 Å². The van der Waals surface area contributed by atoms with Gasteiger partial charge in [0.05, 0.1) is 23.0 Å². The third-order valence-electron chi connectivity index (χ3n) is 5.23. The molecule has 0 fully saturated rings. The Bertz CT molecular complexity index is 1340. The number of hydrogen-bond acceptors (Lipinski definition) is 7. The van der Waals surface area contributed by atoms with E-state index in [1.54, 1.807) is 33.5 Å². The molecule has 1 aliphatic rings. The van der Waals surface area contributed by atoms with Crippen molar-refractivity contribution in [2.45, 2.75) is 30.8 Å². The number of carbonyl (C=O) groups is 1. The lowest BCUT2D eigenvalue weighted by molar-refractivity contribution is -0.118. The SMILES string of the molecule is O=C(CSc1nc2sc3c(c2c(=O)n1-c1ccccc1)CCCC3)N/N=C\c1cccs1. The molecule has 0 unspecified atom stereocenters. The van der Waals surface area contributed by atoms with Gasteiger partial charge in [-0.15, -0.1) is 22.7 Å².